The molecule has 178 valence electrons. The summed E-state index contributed by atoms with van der Waals surface area (Å²) in [4.78, 5) is 38.0. The van der Waals surface area contributed by atoms with Gasteiger partial charge in [-0.3, -0.25) is 19.7 Å². The number of nitro benzene ring substituents is 1. The highest BCUT2D eigenvalue weighted by molar-refractivity contribution is 7.99. The number of unbranched alkanes of at least 4 members (excludes halogenated alkanes) is 1. The summed E-state index contributed by atoms with van der Waals surface area (Å²) in [6.45, 7) is 4.86. The summed E-state index contributed by atoms with van der Waals surface area (Å²) in [7, 11) is 0. The molecule has 0 fully saturated rings. The van der Waals surface area contributed by atoms with Gasteiger partial charge in [0.05, 0.1) is 10.7 Å². The fraction of sp³-hybridized carbons (Fsp3) is 0.417. The topological polar surface area (TPSA) is 92.6 Å². The van der Waals surface area contributed by atoms with E-state index in [2.05, 4.69) is 12.2 Å². The first-order chi connectivity index (χ1) is 15.8. The van der Waals surface area contributed by atoms with Gasteiger partial charge in [-0.05, 0) is 36.1 Å². The van der Waals surface area contributed by atoms with Crippen LogP contribution in [0.2, 0.25) is 5.02 Å². The van der Waals surface area contributed by atoms with Crippen molar-refractivity contribution in [3.63, 3.8) is 0 Å². The average Bonchev–Trinajstić information content (AvgIpc) is 2.80. The monoisotopic (exact) mass is 491 g/mol. The number of carbonyl (C=O) groups excluding carboxylic acids is 2. The van der Waals surface area contributed by atoms with Crippen LogP contribution in [0.25, 0.3) is 0 Å². The van der Waals surface area contributed by atoms with Crippen molar-refractivity contribution in [3.05, 3.63) is 74.8 Å². The summed E-state index contributed by atoms with van der Waals surface area (Å²) >= 11 is 7.41. The van der Waals surface area contributed by atoms with E-state index in [9.17, 15) is 19.7 Å². The second-order valence-electron chi connectivity index (χ2n) is 7.63. The molecular formula is C24H30ClN3O4S. The minimum atomic E-state index is -0.565. The van der Waals surface area contributed by atoms with Crippen LogP contribution in [0.3, 0.4) is 0 Å². The zero-order valence-corrected chi connectivity index (χ0v) is 20.5. The van der Waals surface area contributed by atoms with E-state index in [-0.39, 0.29) is 23.3 Å². The Balaban J connectivity index is 2.07. The predicted molar refractivity (Wildman–Crippen MR) is 133 cm³/mol. The van der Waals surface area contributed by atoms with Gasteiger partial charge in [-0.15, -0.1) is 11.8 Å². The van der Waals surface area contributed by atoms with Crippen LogP contribution >= 0.6 is 23.4 Å². The first-order valence-electron chi connectivity index (χ1n) is 11.0. The molecule has 9 heteroatoms. The molecule has 0 heterocycles. The van der Waals surface area contributed by atoms with Gasteiger partial charge in [-0.1, -0.05) is 56.1 Å². The van der Waals surface area contributed by atoms with E-state index >= 15 is 0 Å². The largest absolute Gasteiger partial charge is 0.354 e. The Bertz CT molecular complexity index is 922. The Kier molecular flexibility index (Phi) is 11.2. The van der Waals surface area contributed by atoms with Crippen LogP contribution in [0.5, 0.6) is 0 Å². The van der Waals surface area contributed by atoms with Gasteiger partial charge in [0.2, 0.25) is 11.8 Å². The fourth-order valence-electron chi connectivity index (χ4n) is 3.27. The normalized spacial score (nSPS) is 11.6. The molecule has 0 aliphatic heterocycles. The van der Waals surface area contributed by atoms with Gasteiger partial charge in [-0.2, -0.15) is 0 Å². The van der Waals surface area contributed by atoms with E-state index < -0.39 is 11.0 Å². The lowest BCUT2D eigenvalue weighted by atomic mass is 10.1. The van der Waals surface area contributed by atoms with E-state index in [1.165, 1.54) is 23.9 Å². The second-order valence-corrected chi connectivity index (χ2v) is 9.06. The number of nitrogens with one attached hydrogen (secondary N) is 1. The Morgan fingerprint density at radius 1 is 1.09 bits per heavy atom. The average molecular weight is 492 g/mol. The maximum absolute atomic E-state index is 13.2. The van der Waals surface area contributed by atoms with Gasteiger partial charge < -0.3 is 10.2 Å². The molecule has 0 saturated carbocycles. The number of halogens is 1. The predicted octanol–water partition coefficient (Wildman–Crippen LogP) is 5.21. The fourth-order valence-corrected chi connectivity index (χ4v) is 4.26. The molecular weight excluding hydrogens is 462 g/mol. The molecule has 0 aliphatic carbocycles. The van der Waals surface area contributed by atoms with Crippen LogP contribution in [-0.4, -0.2) is 40.0 Å². The summed E-state index contributed by atoms with van der Waals surface area (Å²) in [6.07, 6.45) is 2.37. The van der Waals surface area contributed by atoms with Crippen LogP contribution in [0, 0.1) is 10.1 Å². The van der Waals surface area contributed by atoms with Crippen LogP contribution in [0.1, 0.15) is 44.2 Å². The van der Waals surface area contributed by atoms with Gasteiger partial charge in [0.15, 0.2) is 0 Å². The maximum atomic E-state index is 13.2. The molecule has 2 aromatic rings. The summed E-state index contributed by atoms with van der Waals surface area (Å²) in [5, 5.41) is 14.4. The number of hydrogen-bond acceptors (Lipinski definition) is 5. The number of nitrogens with zero attached hydrogens (tertiary/aromatic N) is 2. The number of amides is 2. The number of hydrogen-bond donors (Lipinski definition) is 1. The molecule has 1 atom stereocenters. The Labute approximate surface area is 204 Å². The van der Waals surface area contributed by atoms with E-state index in [4.69, 9.17) is 11.6 Å². The smallest absolute Gasteiger partial charge is 0.269 e. The number of carbonyl (C=O) groups is 2. The lowest BCUT2D eigenvalue weighted by Gasteiger charge is -2.30. The van der Waals surface area contributed by atoms with Crippen molar-refractivity contribution in [2.24, 2.45) is 0 Å². The highest BCUT2D eigenvalue weighted by Crippen LogP contribution is 2.20. The van der Waals surface area contributed by atoms with Crippen molar-refractivity contribution in [3.8, 4) is 0 Å². The molecule has 0 radical (unpaired) electrons. The zero-order chi connectivity index (χ0) is 24.2. The van der Waals surface area contributed by atoms with Crippen molar-refractivity contribution in [2.75, 3.05) is 12.3 Å². The van der Waals surface area contributed by atoms with Crippen LogP contribution in [-0.2, 0) is 21.9 Å². The third-order valence-electron chi connectivity index (χ3n) is 5.12. The highest BCUT2D eigenvalue weighted by Gasteiger charge is 2.28. The van der Waals surface area contributed by atoms with Gasteiger partial charge in [0.1, 0.15) is 6.04 Å². The molecule has 2 amide bonds. The van der Waals surface area contributed by atoms with Crippen molar-refractivity contribution in [1.82, 2.24) is 10.2 Å². The van der Waals surface area contributed by atoms with Gasteiger partial charge in [0, 0.05) is 36.0 Å². The van der Waals surface area contributed by atoms with Crippen molar-refractivity contribution in [1.29, 1.82) is 0 Å². The molecule has 0 bridgehead atoms. The van der Waals surface area contributed by atoms with E-state index in [1.807, 2.05) is 19.1 Å². The maximum Gasteiger partial charge on any atom is 0.269 e. The van der Waals surface area contributed by atoms with Gasteiger partial charge in [0.25, 0.3) is 5.69 Å². The molecule has 2 rings (SSSR count). The molecule has 0 aromatic heterocycles. The van der Waals surface area contributed by atoms with E-state index in [0.717, 1.165) is 24.0 Å². The SMILES string of the molecule is CCCCNC(=O)[C@H](CC)N(Cc1ccc(Cl)cc1)C(=O)CSCc1ccc([N+](=O)[O-])cc1. The van der Waals surface area contributed by atoms with Crippen molar-refractivity contribution >= 4 is 40.9 Å². The standard InChI is InChI=1S/C24H30ClN3O4S/c1-3-5-14-26-24(30)22(4-2)27(15-18-6-10-20(25)11-7-18)23(29)17-33-16-19-8-12-21(13-9-19)28(31)32/h6-13,22H,3-5,14-17H2,1-2H3,(H,26,30)/t22-/m0/s1. The number of nitro groups is 1. The summed E-state index contributed by atoms with van der Waals surface area (Å²) in [5.41, 5.74) is 1.83. The molecule has 0 saturated heterocycles. The lowest BCUT2D eigenvalue weighted by molar-refractivity contribution is -0.384. The molecule has 7 nitrogen and oxygen atoms in total. The molecule has 2 aromatic carbocycles. The van der Waals surface area contributed by atoms with Crippen LogP contribution < -0.4 is 5.32 Å². The molecule has 0 aliphatic rings. The van der Waals surface area contributed by atoms with Gasteiger partial charge in [-0.25, -0.2) is 0 Å². The summed E-state index contributed by atoms with van der Waals surface area (Å²) in [5.74, 6) is 0.462. The quantitative estimate of drug-likeness (QED) is 0.236. The Morgan fingerprint density at radius 3 is 2.30 bits per heavy atom. The second kappa shape index (κ2) is 13.9. The number of thioether (sulfide) groups is 1. The van der Waals surface area contributed by atoms with Crippen LogP contribution in [0.4, 0.5) is 5.69 Å². The Morgan fingerprint density at radius 2 is 1.73 bits per heavy atom. The molecule has 0 unspecified atom stereocenters. The van der Waals surface area contributed by atoms with Crippen molar-refractivity contribution in [2.45, 2.75) is 51.4 Å². The third-order valence-corrected chi connectivity index (χ3v) is 6.36. The minimum Gasteiger partial charge on any atom is -0.354 e. The van der Waals surface area contributed by atoms with Crippen LogP contribution in [0.15, 0.2) is 48.5 Å². The number of rotatable bonds is 13. The first-order valence-corrected chi connectivity index (χ1v) is 12.5. The summed E-state index contributed by atoms with van der Waals surface area (Å²) < 4.78 is 0. The molecule has 0 spiro atoms. The van der Waals surface area contributed by atoms with E-state index in [1.54, 1.807) is 29.2 Å². The number of non-ortho nitro benzene ring substituents is 1. The lowest BCUT2D eigenvalue weighted by Crippen LogP contribution is -2.49. The summed E-state index contributed by atoms with van der Waals surface area (Å²) in [6, 6.07) is 13.0. The van der Waals surface area contributed by atoms with E-state index in [0.29, 0.717) is 30.3 Å². The first kappa shape index (κ1) is 26.7. The van der Waals surface area contributed by atoms with Crippen molar-refractivity contribution < 1.29 is 14.5 Å². The highest BCUT2D eigenvalue weighted by atomic mass is 35.5. The molecule has 1 N–H and O–H groups in total. The van der Waals surface area contributed by atoms with Gasteiger partial charge >= 0.3 is 0 Å². The zero-order valence-electron chi connectivity index (χ0n) is 19.0. The number of benzene rings is 2. The third kappa shape index (κ3) is 8.70. The minimum absolute atomic E-state index is 0.0360. The Hall–Kier alpha value is -2.58. The molecule has 33 heavy (non-hydrogen) atoms.